The van der Waals surface area contributed by atoms with Crippen LogP contribution in [0.3, 0.4) is 0 Å². The van der Waals surface area contributed by atoms with Crippen LogP contribution in [-0.2, 0) is 9.59 Å². The summed E-state index contributed by atoms with van der Waals surface area (Å²) in [5.41, 5.74) is 1.01. The molecule has 1 heterocycles. The summed E-state index contributed by atoms with van der Waals surface area (Å²) in [4.78, 5) is 28.1. The van der Waals surface area contributed by atoms with E-state index in [1.165, 1.54) is 6.07 Å². The van der Waals surface area contributed by atoms with Gasteiger partial charge in [0.15, 0.2) is 0 Å². The minimum absolute atomic E-state index is 0.215. The summed E-state index contributed by atoms with van der Waals surface area (Å²) in [6.45, 7) is 3.92. The molecular formula is C20H22ClFN4O2. The van der Waals surface area contributed by atoms with Crippen molar-refractivity contribution in [2.45, 2.75) is 0 Å². The zero-order valence-corrected chi connectivity index (χ0v) is 16.1. The van der Waals surface area contributed by atoms with Crippen molar-refractivity contribution in [3.63, 3.8) is 0 Å². The number of piperazine rings is 1. The number of hydrogen-bond acceptors (Lipinski definition) is 4. The third-order valence-corrected chi connectivity index (χ3v) is 4.94. The maximum absolute atomic E-state index is 13.9. The number of hydrogen-bond donors (Lipinski definition) is 2. The molecule has 1 fully saturated rings. The Hall–Kier alpha value is -2.64. The van der Waals surface area contributed by atoms with Crippen LogP contribution in [0.25, 0.3) is 0 Å². The van der Waals surface area contributed by atoms with E-state index in [1.807, 2.05) is 11.0 Å². The maximum Gasteiger partial charge on any atom is 0.313 e. The van der Waals surface area contributed by atoms with Gasteiger partial charge in [-0.2, -0.15) is 0 Å². The van der Waals surface area contributed by atoms with Gasteiger partial charge in [-0.15, -0.1) is 0 Å². The molecule has 28 heavy (non-hydrogen) atoms. The highest BCUT2D eigenvalue weighted by Gasteiger charge is 2.20. The summed E-state index contributed by atoms with van der Waals surface area (Å²) in [5.74, 6) is -1.67. The molecule has 0 aromatic heterocycles. The van der Waals surface area contributed by atoms with Crippen LogP contribution in [0.15, 0.2) is 48.5 Å². The molecule has 0 saturated carbocycles. The van der Waals surface area contributed by atoms with Crippen molar-refractivity contribution in [2.75, 3.05) is 49.5 Å². The first-order valence-electron chi connectivity index (χ1n) is 9.10. The molecule has 0 radical (unpaired) electrons. The molecule has 1 saturated heterocycles. The van der Waals surface area contributed by atoms with Gasteiger partial charge in [-0.05, 0) is 24.3 Å². The van der Waals surface area contributed by atoms with Crippen molar-refractivity contribution in [3.05, 3.63) is 59.4 Å². The lowest BCUT2D eigenvalue weighted by molar-refractivity contribution is -0.136. The van der Waals surface area contributed by atoms with Gasteiger partial charge in [0, 0.05) is 39.3 Å². The van der Waals surface area contributed by atoms with E-state index in [9.17, 15) is 14.0 Å². The van der Waals surface area contributed by atoms with Gasteiger partial charge >= 0.3 is 11.8 Å². The van der Waals surface area contributed by atoms with Crippen LogP contribution in [0.1, 0.15) is 0 Å². The van der Waals surface area contributed by atoms with Crippen molar-refractivity contribution in [3.8, 4) is 0 Å². The maximum atomic E-state index is 13.9. The summed E-state index contributed by atoms with van der Waals surface area (Å²) in [6.07, 6.45) is 0. The SMILES string of the molecule is O=C(NCCN1CCN(c2ccccc2F)CC1)C(=O)Nc1ccccc1Cl. The number of para-hydroxylation sites is 2. The molecule has 8 heteroatoms. The van der Waals surface area contributed by atoms with E-state index >= 15 is 0 Å². The lowest BCUT2D eigenvalue weighted by atomic mass is 10.2. The van der Waals surface area contributed by atoms with Crippen LogP contribution >= 0.6 is 11.6 Å². The average Bonchev–Trinajstić information content (AvgIpc) is 2.70. The Morgan fingerprint density at radius 1 is 0.964 bits per heavy atom. The van der Waals surface area contributed by atoms with Gasteiger partial charge in [-0.1, -0.05) is 35.9 Å². The second-order valence-corrected chi connectivity index (χ2v) is 6.88. The largest absolute Gasteiger partial charge is 0.367 e. The Morgan fingerprint density at radius 3 is 2.36 bits per heavy atom. The van der Waals surface area contributed by atoms with Crippen molar-refractivity contribution in [1.29, 1.82) is 0 Å². The van der Waals surface area contributed by atoms with Crippen LogP contribution in [-0.4, -0.2) is 56.0 Å². The first kappa shape index (κ1) is 20.1. The smallest absolute Gasteiger partial charge is 0.313 e. The van der Waals surface area contributed by atoms with Gasteiger partial charge in [-0.25, -0.2) is 4.39 Å². The Labute approximate surface area is 168 Å². The minimum atomic E-state index is -0.752. The molecule has 1 aliphatic rings. The molecule has 6 nitrogen and oxygen atoms in total. The molecule has 148 valence electrons. The van der Waals surface area contributed by atoms with Gasteiger partial charge in [0.25, 0.3) is 0 Å². The Bertz CT molecular complexity index is 840. The van der Waals surface area contributed by atoms with Crippen molar-refractivity contribution in [2.24, 2.45) is 0 Å². The van der Waals surface area contributed by atoms with Crippen molar-refractivity contribution >= 4 is 34.8 Å². The monoisotopic (exact) mass is 404 g/mol. The topological polar surface area (TPSA) is 64.7 Å². The van der Waals surface area contributed by atoms with E-state index in [0.29, 0.717) is 42.6 Å². The van der Waals surface area contributed by atoms with Crippen molar-refractivity contribution in [1.82, 2.24) is 10.2 Å². The first-order chi connectivity index (χ1) is 13.5. The zero-order valence-electron chi connectivity index (χ0n) is 15.3. The van der Waals surface area contributed by atoms with Crippen LogP contribution in [0.4, 0.5) is 15.8 Å². The van der Waals surface area contributed by atoms with Crippen LogP contribution in [0, 0.1) is 5.82 Å². The number of anilines is 2. The summed E-state index contributed by atoms with van der Waals surface area (Å²) in [5, 5.41) is 5.47. The predicted octanol–water partition coefficient (Wildman–Crippen LogP) is 2.36. The van der Waals surface area contributed by atoms with Gasteiger partial charge in [0.1, 0.15) is 5.82 Å². The van der Waals surface area contributed by atoms with E-state index in [2.05, 4.69) is 15.5 Å². The highest BCUT2D eigenvalue weighted by Crippen LogP contribution is 2.21. The molecule has 0 unspecified atom stereocenters. The predicted molar refractivity (Wildman–Crippen MR) is 108 cm³/mol. The van der Waals surface area contributed by atoms with E-state index in [-0.39, 0.29) is 5.82 Å². The number of rotatable bonds is 5. The fourth-order valence-corrected chi connectivity index (χ4v) is 3.25. The second-order valence-electron chi connectivity index (χ2n) is 6.47. The van der Waals surface area contributed by atoms with Crippen molar-refractivity contribution < 1.29 is 14.0 Å². The van der Waals surface area contributed by atoms with E-state index in [4.69, 9.17) is 11.6 Å². The quantitative estimate of drug-likeness (QED) is 0.751. The lowest BCUT2D eigenvalue weighted by Gasteiger charge is -2.36. The third kappa shape index (κ3) is 5.21. The lowest BCUT2D eigenvalue weighted by Crippen LogP contribution is -2.49. The number of carbonyl (C=O) groups is 2. The normalized spacial score (nSPS) is 14.6. The van der Waals surface area contributed by atoms with Crippen LogP contribution in [0.5, 0.6) is 0 Å². The fraction of sp³-hybridized carbons (Fsp3) is 0.300. The van der Waals surface area contributed by atoms with Crippen LogP contribution < -0.4 is 15.5 Å². The Kier molecular flexibility index (Phi) is 6.84. The number of carbonyl (C=O) groups excluding carboxylic acids is 2. The third-order valence-electron chi connectivity index (χ3n) is 4.61. The highest BCUT2D eigenvalue weighted by molar-refractivity contribution is 6.41. The molecule has 0 spiro atoms. The molecule has 3 rings (SSSR count). The van der Waals surface area contributed by atoms with Gasteiger partial charge < -0.3 is 15.5 Å². The first-order valence-corrected chi connectivity index (χ1v) is 9.48. The van der Waals surface area contributed by atoms with E-state index < -0.39 is 11.8 Å². The fourth-order valence-electron chi connectivity index (χ4n) is 3.07. The highest BCUT2D eigenvalue weighted by atomic mass is 35.5. The minimum Gasteiger partial charge on any atom is -0.367 e. The van der Waals surface area contributed by atoms with Gasteiger partial charge in [0.05, 0.1) is 16.4 Å². The number of nitrogens with zero attached hydrogens (tertiary/aromatic N) is 2. The molecule has 1 aliphatic heterocycles. The molecule has 0 atom stereocenters. The summed E-state index contributed by atoms with van der Waals surface area (Å²) in [6, 6.07) is 13.5. The molecule has 2 amide bonds. The average molecular weight is 405 g/mol. The molecule has 2 aromatic carbocycles. The number of benzene rings is 2. The van der Waals surface area contributed by atoms with Gasteiger partial charge in [-0.3, -0.25) is 14.5 Å². The molecule has 0 bridgehead atoms. The van der Waals surface area contributed by atoms with Gasteiger partial charge in [0.2, 0.25) is 0 Å². The molecule has 2 aromatic rings. The number of halogens is 2. The number of nitrogens with one attached hydrogen (secondary N) is 2. The summed E-state index contributed by atoms with van der Waals surface area (Å²) < 4.78 is 13.9. The second kappa shape index (κ2) is 9.52. The number of amides is 2. The zero-order chi connectivity index (χ0) is 19.9. The molecule has 0 aliphatic carbocycles. The molecule has 2 N–H and O–H groups in total. The Balaban J connectivity index is 1.39. The molecular weight excluding hydrogens is 383 g/mol. The summed E-state index contributed by atoms with van der Waals surface area (Å²) in [7, 11) is 0. The van der Waals surface area contributed by atoms with E-state index in [0.717, 1.165) is 13.1 Å². The Morgan fingerprint density at radius 2 is 1.64 bits per heavy atom. The standard InChI is InChI=1S/C20H22ClFN4O2/c21-15-5-1-3-7-17(15)24-20(28)19(27)23-9-10-25-11-13-26(14-12-25)18-8-4-2-6-16(18)22/h1-8H,9-14H2,(H,23,27)(H,24,28). The summed E-state index contributed by atoms with van der Waals surface area (Å²) >= 11 is 5.96. The van der Waals surface area contributed by atoms with Crippen LogP contribution in [0.2, 0.25) is 5.02 Å². The van der Waals surface area contributed by atoms with E-state index in [1.54, 1.807) is 36.4 Å².